The highest BCUT2D eigenvalue weighted by atomic mass is 32.2. The van der Waals surface area contributed by atoms with Gasteiger partial charge in [0, 0.05) is 13.1 Å². The molecule has 3 rings (SSSR count). The lowest BCUT2D eigenvalue weighted by atomic mass is 9.53. The topological polar surface area (TPSA) is 90.1 Å². The molecule has 1 unspecified atom stereocenters. The molecule has 1 aromatic rings. The summed E-state index contributed by atoms with van der Waals surface area (Å²) in [6.45, 7) is 0.311. The maximum absolute atomic E-state index is 12.1. The fraction of sp³-hybridized carbons (Fsp3) is 0.588. The van der Waals surface area contributed by atoms with Gasteiger partial charge in [-0.25, -0.2) is 13.7 Å². The Labute approximate surface area is 145 Å². The molecule has 1 atom stereocenters. The molecule has 1 spiro atoms. The number of amides is 1. The first-order valence-corrected chi connectivity index (χ1v) is 9.26. The van der Waals surface area contributed by atoms with Crippen LogP contribution in [-0.2, 0) is 22.3 Å². The molecular formula is C17H26N2O4S. The molecule has 3 N–H and O–H groups in total. The summed E-state index contributed by atoms with van der Waals surface area (Å²) in [5.74, 6) is 0. The Kier molecular flexibility index (Phi) is 6.01. The molecule has 0 bridgehead atoms. The minimum atomic E-state index is -0.909. The molecule has 2 aliphatic rings. The highest BCUT2D eigenvalue weighted by Gasteiger charge is 2.55. The Morgan fingerprint density at radius 1 is 1.29 bits per heavy atom. The van der Waals surface area contributed by atoms with Crippen LogP contribution in [0.5, 0.6) is 0 Å². The highest BCUT2D eigenvalue weighted by molar-refractivity contribution is 7.83. The molecule has 0 aliphatic heterocycles. The van der Waals surface area contributed by atoms with Gasteiger partial charge < -0.3 is 15.1 Å². The van der Waals surface area contributed by atoms with Crippen LogP contribution in [0, 0.1) is 5.41 Å². The standard InChI is InChI=1S/C17H24N2O3S.H2O/c1-18-23(21)15-10-17(11-15)8-14(9-17)19(2)16(20)22-12-13-6-4-3-5-7-13;/h3-7,14-15,18H,8-12H2,1-2H3;1H2. The van der Waals surface area contributed by atoms with Crippen molar-refractivity contribution in [2.45, 2.75) is 43.6 Å². The van der Waals surface area contributed by atoms with Crippen LogP contribution in [0.3, 0.4) is 0 Å². The Bertz CT molecular complexity index is 582. The molecule has 1 amide bonds. The predicted molar refractivity (Wildman–Crippen MR) is 93.7 cm³/mol. The monoisotopic (exact) mass is 354 g/mol. The van der Waals surface area contributed by atoms with Gasteiger partial charge in [-0.05, 0) is 43.7 Å². The summed E-state index contributed by atoms with van der Waals surface area (Å²) in [6, 6.07) is 9.96. The second kappa shape index (κ2) is 7.63. The van der Waals surface area contributed by atoms with Crippen LogP contribution in [0.2, 0.25) is 0 Å². The molecule has 6 nitrogen and oxygen atoms in total. The van der Waals surface area contributed by atoms with Gasteiger partial charge >= 0.3 is 6.09 Å². The molecule has 24 heavy (non-hydrogen) atoms. The van der Waals surface area contributed by atoms with E-state index >= 15 is 0 Å². The fourth-order valence-electron chi connectivity index (χ4n) is 3.74. The number of hydrogen-bond donors (Lipinski definition) is 1. The van der Waals surface area contributed by atoms with Crippen molar-refractivity contribution in [3.05, 3.63) is 35.9 Å². The number of carbonyl (C=O) groups is 1. The van der Waals surface area contributed by atoms with Gasteiger partial charge in [-0.3, -0.25) is 0 Å². The van der Waals surface area contributed by atoms with E-state index in [9.17, 15) is 9.00 Å². The molecular weight excluding hydrogens is 328 g/mol. The van der Waals surface area contributed by atoms with Crippen LogP contribution in [0.4, 0.5) is 4.79 Å². The molecule has 1 aromatic carbocycles. The zero-order valence-electron chi connectivity index (χ0n) is 14.2. The Morgan fingerprint density at radius 3 is 2.50 bits per heavy atom. The summed E-state index contributed by atoms with van der Waals surface area (Å²) in [5.41, 5.74) is 1.31. The molecule has 134 valence electrons. The second-order valence-electron chi connectivity index (χ2n) is 6.74. The average molecular weight is 354 g/mol. The van der Waals surface area contributed by atoms with Crippen LogP contribution in [-0.4, -0.2) is 46.1 Å². The number of hydrogen-bond acceptors (Lipinski definition) is 3. The Morgan fingerprint density at radius 2 is 1.92 bits per heavy atom. The van der Waals surface area contributed by atoms with Gasteiger partial charge in [-0.2, -0.15) is 0 Å². The van der Waals surface area contributed by atoms with E-state index in [1.54, 1.807) is 11.9 Å². The molecule has 2 saturated carbocycles. The van der Waals surface area contributed by atoms with Crippen molar-refractivity contribution in [3.8, 4) is 0 Å². The quantitative estimate of drug-likeness (QED) is 0.871. The van der Waals surface area contributed by atoms with Gasteiger partial charge in [0.1, 0.15) is 6.61 Å². The van der Waals surface area contributed by atoms with Gasteiger partial charge in [0.15, 0.2) is 0 Å². The maximum Gasteiger partial charge on any atom is 0.410 e. The minimum absolute atomic E-state index is 0. The number of carbonyl (C=O) groups excluding carboxylic acids is 1. The Balaban J connectivity index is 0.00000208. The van der Waals surface area contributed by atoms with E-state index < -0.39 is 11.0 Å². The van der Waals surface area contributed by atoms with E-state index in [1.807, 2.05) is 37.4 Å². The molecule has 0 aromatic heterocycles. The summed E-state index contributed by atoms with van der Waals surface area (Å²) in [7, 11) is 2.64. The molecule has 0 saturated heterocycles. The molecule has 2 aliphatic carbocycles. The molecule has 7 heteroatoms. The van der Waals surface area contributed by atoms with Gasteiger partial charge in [-0.15, -0.1) is 0 Å². The third-order valence-corrected chi connectivity index (χ3v) is 6.54. The van der Waals surface area contributed by atoms with Crippen molar-refractivity contribution in [3.63, 3.8) is 0 Å². The van der Waals surface area contributed by atoms with Crippen molar-refractivity contribution in [1.82, 2.24) is 9.62 Å². The van der Waals surface area contributed by atoms with Crippen molar-refractivity contribution >= 4 is 17.1 Å². The number of ether oxygens (including phenoxy) is 1. The smallest absolute Gasteiger partial charge is 0.410 e. The largest absolute Gasteiger partial charge is 0.445 e. The number of nitrogens with one attached hydrogen (secondary N) is 1. The molecule has 0 heterocycles. The molecule has 0 radical (unpaired) electrons. The summed E-state index contributed by atoms with van der Waals surface area (Å²) in [6.07, 6.45) is 3.75. The van der Waals surface area contributed by atoms with Crippen LogP contribution in [0.15, 0.2) is 30.3 Å². The zero-order valence-corrected chi connectivity index (χ0v) is 15.0. The van der Waals surface area contributed by atoms with Crippen molar-refractivity contribution in [2.24, 2.45) is 5.41 Å². The summed E-state index contributed by atoms with van der Waals surface area (Å²) < 4.78 is 19.9. The van der Waals surface area contributed by atoms with Crippen molar-refractivity contribution < 1.29 is 19.2 Å². The van der Waals surface area contributed by atoms with Gasteiger partial charge in [0.05, 0.1) is 16.2 Å². The normalized spacial score (nSPS) is 28.9. The lowest BCUT2D eigenvalue weighted by Crippen LogP contribution is -2.59. The van der Waals surface area contributed by atoms with Crippen LogP contribution < -0.4 is 4.72 Å². The maximum atomic E-state index is 12.1. The van der Waals surface area contributed by atoms with Crippen LogP contribution in [0.25, 0.3) is 0 Å². The number of benzene rings is 1. The second-order valence-corrected chi connectivity index (χ2v) is 8.41. The Hall–Kier alpha value is -1.44. The van der Waals surface area contributed by atoms with E-state index in [2.05, 4.69) is 4.72 Å². The lowest BCUT2D eigenvalue weighted by molar-refractivity contribution is -0.0413. The summed E-state index contributed by atoms with van der Waals surface area (Å²) >= 11 is 0. The first-order chi connectivity index (χ1) is 11.0. The number of nitrogens with zero attached hydrogens (tertiary/aromatic N) is 1. The highest BCUT2D eigenvalue weighted by Crippen LogP contribution is 2.58. The van der Waals surface area contributed by atoms with E-state index in [0.717, 1.165) is 31.2 Å². The van der Waals surface area contributed by atoms with Gasteiger partial charge in [0.25, 0.3) is 0 Å². The number of rotatable bonds is 5. The van der Waals surface area contributed by atoms with Crippen molar-refractivity contribution in [2.75, 3.05) is 14.1 Å². The molecule has 2 fully saturated rings. The van der Waals surface area contributed by atoms with E-state index in [-0.39, 0.29) is 22.9 Å². The van der Waals surface area contributed by atoms with Gasteiger partial charge in [-0.1, -0.05) is 30.3 Å². The summed E-state index contributed by atoms with van der Waals surface area (Å²) in [4.78, 5) is 13.9. The average Bonchev–Trinajstić information content (AvgIpc) is 2.50. The van der Waals surface area contributed by atoms with Gasteiger partial charge in [0.2, 0.25) is 0 Å². The zero-order chi connectivity index (χ0) is 16.4. The summed E-state index contributed by atoms with van der Waals surface area (Å²) in [5, 5.41) is 0.274. The lowest BCUT2D eigenvalue weighted by Gasteiger charge is -2.58. The first kappa shape index (κ1) is 18.9. The first-order valence-electron chi connectivity index (χ1n) is 8.04. The minimum Gasteiger partial charge on any atom is -0.445 e. The van der Waals surface area contributed by atoms with Crippen LogP contribution >= 0.6 is 0 Å². The van der Waals surface area contributed by atoms with E-state index in [4.69, 9.17) is 4.74 Å². The van der Waals surface area contributed by atoms with E-state index in [0.29, 0.717) is 12.0 Å². The van der Waals surface area contributed by atoms with Crippen LogP contribution in [0.1, 0.15) is 31.2 Å². The fourth-order valence-corrected chi connectivity index (χ4v) is 5.08. The SMILES string of the molecule is CNS(=O)C1CC2(CC(N(C)C(=O)OCc3ccccc3)C2)C1.O. The predicted octanol–water partition coefficient (Wildman–Crippen LogP) is 1.62. The third kappa shape index (κ3) is 3.79. The van der Waals surface area contributed by atoms with E-state index in [1.165, 1.54) is 0 Å². The van der Waals surface area contributed by atoms with Crippen molar-refractivity contribution in [1.29, 1.82) is 0 Å². The third-order valence-electron chi connectivity index (χ3n) is 5.20.